The maximum absolute atomic E-state index is 12.0. The van der Waals surface area contributed by atoms with E-state index in [0.29, 0.717) is 13.0 Å². The molecule has 0 saturated heterocycles. The van der Waals surface area contributed by atoms with E-state index >= 15 is 0 Å². The van der Waals surface area contributed by atoms with Gasteiger partial charge in [-0.3, -0.25) is 4.79 Å². The Morgan fingerprint density at radius 3 is 1.49 bits per heavy atom. The monoisotopic (exact) mass is 561 g/mol. The Kier molecular flexibility index (Phi) is 27.6. The molecule has 0 rings (SSSR count). The minimum atomic E-state index is -2.60. The molecule has 0 aliphatic carbocycles. The van der Waals surface area contributed by atoms with E-state index in [9.17, 15) is 9.69 Å². The van der Waals surface area contributed by atoms with E-state index < -0.39 is 6.49 Å². The molecule has 1 unspecified atom stereocenters. The lowest BCUT2D eigenvalue weighted by Crippen LogP contribution is -2.23. The van der Waals surface area contributed by atoms with Gasteiger partial charge in [0, 0.05) is 18.6 Å². The predicted molar refractivity (Wildman–Crippen MR) is 167 cm³/mol. The summed E-state index contributed by atoms with van der Waals surface area (Å²) in [7, 11) is 0. The van der Waals surface area contributed by atoms with Crippen molar-refractivity contribution in [3.8, 4) is 0 Å². The summed E-state index contributed by atoms with van der Waals surface area (Å²) in [5.74, 6) is 0.202. The normalized spacial score (nSPS) is 13.2. The first-order valence-electron chi connectivity index (χ1n) is 16.1. The zero-order valence-electron chi connectivity index (χ0n) is 25.1. The Hall–Kier alpha value is 0.0400. The molecule has 0 aliphatic heterocycles. The van der Waals surface area contributed by atoms with Gasteiger partial charge in [0.05, 0.1) is 6.61 Å². The van der Waals surface area contributed by atoms with Gasteiger partial charge in [0.15, 0.2) is 6.49 Å². The van der Waals surface area contributed by atoms with Crippen molar-refractivity contribution < 1.29 is 14.2 Å². The maximum Gasteiger partial charge on any atom is 0.219 e. The van der Waals surface area contributed by atoms with E-state index in [0.717, 1.165) is 38.6 Å². The molecule has 0 heterocycles. The Morgan fingerprint density at radius 2 is 1.05 bits per heavy atom. The molecule has 222 valence electrons. The fourth-order valence-electron chi connectivity index (χ4n) is 4.61. The summed E-state index contributed by atoms with van der Waals surface area (Å²) >= 11 is 5.12. The highest BCUT2D eigenvalue weighted by molar-refractivity contribution is 8.09. The molecule has 0 aromatic carbocycles. The smallest absolute Gasteiger partial charge is 0.219 e. The highest BCUT2D eigenvalue weighted by Crippen LogP contribution is 2.47. The standard InChI is InChI=1S/C31H64NO3PS/c1-4-5-6-7-8-9-10-11-12-13-14-15-16-17-18-19-20-21-24-27-31(33)32-28-25-22-23-26-29-35-36(34,37)30(2)3/h30H,4-29H2,1-3H3,(H,32,33)(H,34,37). The van der Waals surface area contributed by atoms with Gasteiger partial charge in [-0.1, -0.05) is 149 Å². The Labute approximate surface area is 237 Å². The lowest BCUT2D eigenvalue weighted by Gasteiger charge is -2.19. The van der Waals surface area contributed by atoms with Gasteiger partial charge in [0.25, 0.3) is 0 Å². The first-order chi connectivity index (χ1) is 17.9. The van der Waals surface area contributed by atoms with Gasteiger partial charge in [0.1, 0.15) is 0 Å². The number of hydrogen-bond donors (Lipinski definition) is 2. The summed E-state index contributed by atoms with van der Waals surface area (Å²) in [5.41, 5.74) is 0.0200. The van der Waals surface area contributed by atoms with E-state index in [1.165, 1.54) is 116 Å². The van der Waals surface area contributed by atoms with Crippen molar-refractivity contribution in [2.24, 2.45) is 0 Å². The van der Waals surface area contributed by atoms with E-state index in [1.54, 1.807) is 0 Å². The zero-order chi connectivity index (χ0) is 27.5. The van der Waals surface area contributed by atoms with Gasteiger partial charge < -0.3 is 14.7 Å². The van der Waals surface area contributed by atoms with Crippen molar-refractivity contribution in [1.29, 1.82) is 0 Å². The van der Waals surface area contributed by atoms with Crippen LogP contribution in [-0.4, -0.2) is 29.6 Å². The van der Waals surface area contributed by atoms with Crippen LogP contribution in [0.2, 0.25) is 0 Å². The van der Waals surface area contributed by atoms with Gasteiger partial charge >= 0.3 is 0 Å². The first-order valence-corrected chi connectivity index (χ1v) is 18.9. The third kappa shape index (κ3) is 27.4. The molecule has 0 aromatic rings. The topological polar surface area (TPSA) is 58.6 Å². The third-order valence-electron chi connectivity index (χ3n) is 7.33. The highest BCUT2D eigenvalue weighted by atomic mass is 32.5. The summed E-state index contributed by atoms with van der Waals surface area (Å²) in [6.45, 7) is 4.81. The minimum absolute atomic E-state index is 0.0200. The molecule has 0 spiro atoms. The number of amides is 1. The van der Waals surface area contributed by atoms with Gasteiger partial charge in [-0.25, -0.2) is 0 Å². The molecule has 1 atom stereocenters. The summed E-state index contributed by atoms with van der Waals surface area (Å²) in [5, 5.41) is 3.05. The molecule has 0 fully saturated rings. The van der Waals surface area contributed by atoms with Crippen LogP contribution in [-0.2, 0) is 21.1 Å². The molecular formula is C31H64NO3PS. The van der Waals surface area contributed by atoms with Crippen molar-refractivity contribution in [1.82, 2.24) is 5.32 Å². The van der Waals surface area contributed by atoms with Crippen molar-refractivity contribution >= 4 is 24.2 Å². The van der Waals surface area contributed by atoms with Crippen LogP contribution in [0.5, 0.6) is 0 Å². The van der Waals surface area contributed by atoms with Crippen LogP contribution in [0.25, 0.3) is 0 Å². The molecule has 4 nitrogen and oxygen atoms in total. The van der Waals surface area contributed by atoms with Crippen molar-refractivity contribution in [2.75, 3.05) is 13.2 Å². The Balaban J connectivity index is 3.23. The second-order valence-electron chi connectivity index (χ2n) is 11.4. The number of carbonyl (C=O) groups excluding carboxylic acids is 1. The second-order valence-corrected chi connectivity index (χ2v) is 15.4. The quantitative estimate of drug-likeness (QED) is 0.0704. The molecule has 0 radical (unpaired) electrons. The first kappa shape index (κ1) is 37.0. The van der Waals surface area contributed by atoms with Gasteiger partial charge in [-0.2, -0.15) is 0 Å². The predicted octanol–water partition coefficient (Wildman–Crippen LogP) is 10.2. The Bertz CT molecular complexity index is 545. The van der Waals surface area contributed by atoms with Crippen molar-refractivity contribution in [3.63, 3.8) is 0 Å². The van der Waals surface area contributed by atoms with Gasteiger partial charge in [0.2, 0.25) is 5.91 Å². The largest absolute Gasteiger partial charge is 0.356 e. The number of nitrogens with one attached hydrogen (secondary N) is 1. The number of rotatable bonds is 29. The lowest BCUT2D eigenvalue weighted by molar-refractivity contribution is -0.121. The van der Waals surface area contributed by atoms with Crippen LogP contribution in [0, 0.1) is 0 Å². The SMILES string of the molecule is CCCCCCCCCCCCCCCCCCCCCC(=O)NCCCCCCOP(O)(=S)C(C)C. The number of hydrogen-bond acceptors (Lipinski definition) is 3. The molecule has 1 amide bonds. The van der Waals surface area contributed by atoms with E-state index in [2.05, 4.69) is 12.2 Å². The van der Waals surface area contributed by atoms with Gasteiger partial charge in [-0.15, -0.1) is 0 Å². The summed E-state index contributed by atoms with van der Waals surface area (Å²) in [4.78, 5) is 21.9. The van der Waals surface area contributed by atoms with Crippen LogP contribution in [0.4, 0.5) is 0 Å². The molecule has 2 N–H and O–H groups in total. The van der Waals surface area contributed by atoms with E-state index in [4.69, 9.17) is 16.3 Å². The minimum Gasteiger partial charge on any atom is -0.356 e. The molecule has 0 aromatic heterocycles. The molecule has 0 aliphatic rings. The summed E-state index contributed by atoms with van der Waals surface area (Å²) < 4.78 is 5.48. The molecule has 6 heteroatoms. The highest BCUT2D eigenvalue weighted by Gasteiger charge is 2.18. The zero-order valence-corrected chi connectivity index (χ0v) is 26.8. The number of carbonyl (C=O) groups is 1. The molecule has 37 heavy (non-hydrogen) atoms. The average Bonchev–Trinajstić information content (AvgIpc) is 2.86. The van der Waals surface area contributed by atoms with Crippen LogP contribution >= 0.6 is 6.49 Å². The third-order valence-corrected chi connectivity index (χ3v) is 10.8. The van der Waals surface area contributed by atoms with Crippen molar-refractivity contribution in [2.45, 2.75) is 181 Å². The molecular weight excluding hydrogens is 497 g/mol. The maximum atomic E-state index is 12.0. The van der Waals surface area contributed by atoms with Crippen LogP contribution < -0.4 is 5.32 Å². The van der Waals surface area contributed by atoms with Crippen LogP contribution in [0.1, 0.15) is 175 Å². The number of unbranched alkanes of at least 4 members (excludes halogenated alkanes) is 21. The van der Waals surface area contributed by atoms with Crippen LogP contribution in [0.15, 0.2) is 0 Å². The summed E-state index contributed by atoms with van der Waals surface area (Å²) in [6, 6.07) is 0. The van der Waals surface area contributed by atoms with Crippen LogP contribution in [0.3, 0.4) is 0 Å². The van der Waals surface area contributed by atoms with Gasteiger partial charge in [-0.05, 0) is 31.1 Å². The lowest BCUT2D eigenvalue weighted by atomic mass is 10.0. The summed E-state index contributed by atoms with van der Waals surface area (Å²) in [6.07, 6.45) is 30.8. The fraction of sp³-hybridized carbons (Fsp3) is 0.968. The van der Waals surface area contributed by atoms with Crippen molar-refractivity contribution in [3.05, 3.63) is 0 Å². The fourth-order valence-corrected chi connectivity index (χ4v) is 5.52. The second kappa shape index (κ2) is 27.6. The van der Waals surface area contributed by atoms with E-state index in [-0.39, 0.29) is 11.6 Å². The molecule has 0 bridgehead atoms. The average molecular weight is 562 g/mol. The van der Waals surface area contributed by atoms with E-state index in [1.807, 2.05) is 13.8 Å². The Morgan fingerprint density at radius 1 is 0.676 bits per heavy atom. The molecule has 0 saturated carbocycles.